The second kappa shape index (κ2) is 10.2. The summed E-state index contributed by atoms with van der Waals surface area (Å²) in [6, 6.07) is 3.53. The monoisotopic (exact) mass is 381 g/mol. The molecule has 1 saturated heterocycles. The van der Waals surface area contributed by atoms with Gasteiger partial charge in [0.1, 0.15) is 0 Å². The highest BCUT2D eigenvalue weighted by molar-refractivity contribution is 7.12. The number of nitrogens with zero attached hydrogens (tertiary/aromatic N) is 1. The van der Waals surface area contributed by atoms with E-state index in [2.05, 4.69) is 10.6 Å². The predicted molar refractivity (Wildman–Crippen MR) is 100 cm³/mol. The van der Waals surface area contributed by atoms with E-state index in [1.54, 1.807) is 17.9 Å². The number of carbonyl (C=O) groups excluding carboxylic acids is 3. The van der Waals surface area contributed by atoms with Crippen molar-refractivity contribution >= 4 is 29.2 Å². The van der Waals surface area contributed by atoms with Gasteiger partial charge in [-0.1, -0.05) is 6.07 Å². The van der Waals surface area contributed by atoms with Gasteiger partial charge < -0.3 is 20.3 Å². The van der Waals surface area contributed by atoms with Crippen LogP contribution in [0.4, 0.5) is 4.79 Å². The van der Waals surface area contributed by atoms with E-state index in [0.717, 1.165) is 12.8 Å². The lowest BCUT2D eigenvalue weighted by atomic mass is 9.91. The Kier molecular flexibility index (Phi) is 7.90. The molecule has 2 atom stereocenters. The zero-order valence-corrected chi connectivity index (χ0v) is 16.1. The minimum atomic E-state index is -0.285. The molecule has 2 N–H and O–H groups in total. The average molecular weight is 381 g/mol. The second-order valence-corrected chi connectivity index (χ2v) is 7.33. The van der Waals surface area contributed by atoms with Gasteiger partial charge in [0.15, 0.2) is 0 Å². The van der Waals surface area contributed by atoms with Crippen molar-refractivity contribution in [3.63, 3.8) is 0 Å². The minimum Gasteiger partial charge on any atom is -0.450 e. The Morgan fingerprint density at radius 3 is 2.92 bits per heavy atom. The zero-order valence-electron chi connectivity index (χ0n) is 15.3. The summed E-state index contributed by atoms with van der Waals surface area (Å²) in [5.74, 6) is -0.0479. The van der Waals surface area contributed by atoms with Crippen LogP contribution >= 0.6 is 11.3 Å². The Bertz CT molecular complexity index is 606. The van der Waals surface area contributed by atoms with Crippen molar-refractivity contribution in [3.05, 3.63) is 22.4 Å². The molecule has 7 nitrogen and oxygen atoms in total. The van der Waals surface area contributed by atoms with Gasteiger partial charge in [0.05, 0.1) is 11.5 Å². The number of likely N-dealkylation sites (tertiary alicyclic amines) is 1. The van der Waals surface area contributed by atoms with Crippen molar-refractivity contribution in [3.8, 4) is 0 Å². The molecule has 3 amide bonds. The maximum Gasteiger partial charge on any atom is 0.409 e. The quantitative estimate of drug-likeness (QED) is 0.758. The summed E-state index contributed by atoms with van der Waals surface area (Å²) >= 11 is 1.37. The number of piperidine rings is 1. The van der Waals surface area contributed by atoms with Gasteiger partial charge in [-0.15, -0.1) is 11.3 Å². The maximum absolute atomic E-state index is 12.1. The van der Waals surface area contributed by atoms with Crippen molar-refractivity contribution in [1.29, 1.82) is 0 Å². The zero-order chi connectivity index (χ0) is 18.9. The van der Waals surface area contributed by atoms with Crippen LogP contribution in [0.5, 0.6) is 0 Å². The molecule has 0 saturated carbocycles. The molecule has 0 bridgehead atoms. The predicted octanol–water partition coefficient (Wildman–Crippen LogP) is 2.24. The van der Waals surface area contributed by atoms with Crippen LogP contribution in [0.15, 0.2) is 17.5 Å². The van der Waals surface area contributed by atoms with Crippen molar-refractivity contribution in [2.45, 2.75) is 39.2 Å². The summed E-state index contributed by atoms with van der Waals surface area (Å²) in [6.45, 7) is 5.71. The van der Waals surface area contributed by atoms with Gasteiger partial charge in [-0.05, 0) is 44.1 Å². The number of rotatable bonds is 7. The van der Waals surface area contributed by atoms with Gasteiger partial charge in [0.25, 0.3) is 5.91 Å². The van der Waals surface area contributed by atoms with Crippen molar-refractivity contribution in [2.24, 2.45) is 5.92 Å². The molecule has 2 unspecified atom stereocenters. The fraction of sp³-hybridized carbons (Fsp3) is 0.611. The van der Waals surface area contributed by atoms with Crippen LogP contribution in [0.2, 0.25) is 0 Å². The Hall–Kier alpha value is -2.09. The molecule has 2 heterocycles. The van der Waals surface area contributed by atoms with E-state index in [1.807, 2.05) is 18.4 Å². The smallest absolute Gasteiger partial charge is 0.409 e. The molecule has 0 spiro atoms. The van der Waals surface area contributed by atoms with Gasteiger partial charge in [0, 0.05) is 32.1 Å². The van der Waals surface area contributed by atoms with Crippen LogP contribution in [-0.4, -0.2) is 55.1 Å². The lowest BCUT2D eigenvalue weighted by Crippen LogP contribution is -2.48. The SMILES string of the molecule is CCOC(=O)N1CCCC(C(C)NC(=O)CCNC(=O)c2cccs2)C1. The molecule has 1 aromatic rings. The number of ether oxygens (including phenoxy) is 1. The maximum atomic E-state index is 12.1. The normalized spacial score (nSPS) is 18.1. The van der Waals surface area contributed by atoms with Gasteiger partial charge in [-0.2, -0.15) is 0 Å². The van der Waals surface area contributed by atoms with Crippen LogP contribution in [0, 0.1) is 5.92 Å². The van der Waals surface area contributed by atoms with Crippen LogP contribution in [0.3, 0.4) is 0 Å². The fourth-order valence-electron chi connectivity index (χ4n) is 3.03. The Balaban J connectivity index is 1.70. The third-order valence-electron chi connectivity index (χ3n) is 4.46. The number of thiophene rings is 1. The molecule has 1 aromatic heterocycles. The van der Waals surface area contributed by atoms with E-state index in [1.165, 1.54) is 11.3 Å². The Labute approximate surface area is 158 Å². The van der Waals surface area contributed by atoms with E-state index in [9.17, 15) is 14.4 Å². The molecular weight excluding hydrogens is 354 g/mol. The van der Waals surface area contributed by atoms with Gasteiger partial charge in [0.2, 0.25) is 5.91 Å². The minimum absolute atomic E-state index is 0.0345. The van der Waals surface area contributed by atoms with Crippen LogP contribution in [0.1, 0.15) is 42.8 Å². The standard InChI is InChI=1S/C18H27N3O4S/c1-3-25-18(24)21-10-4-6-14(12-21)13(2)20-16(22)8-9-19-17(23)15-7-5-11-26-15/h5,7,11,13-14H,3-4,6,8-10,12H2,1-2H3,(H,19,23)(H,20,22). The molecule has 1 aliphatic rings. The van der Waals surface area contributed by atoms with E-state index < -0.39 is 0 Å². The fourth-order valence-corrected chi connectivity index (χ4v) is 3.67. The highest BCUT2D eigenvalue weighted by atomic mass is 32.1. The lowest BCUT2D eigenvalue weighted by molar-refractivity contribution is -0.122. The first-order valence-electron chi connectivity index (χ1n) is 9.04. The number of hydrogen-bond acceptors (Lipinski definition) is 5. The van der Waals surface area contributed by atoms with Crippen molar-refractivity contribution < 1.29 is 19.1 Å². The molecule has 1 aliphatic heterocycles. The van der Waals surface area contributed by atoms with Gasteiger partial charge in [-0.25, -0.2) is 4.79 Å². The molecule has 1 fully saturated rings. The molecular formula is C18H27N3O4S. The van der Waals surface area contributed by atoms with E-state index in [-0.39, 0.29) is 36.3 Å². The number of amides is 3. The average Bonchev–Trinajstić information content (AvgIpc) is 3.16. The summed E-state index contributed by atoms with van der Waals surface area (Å²) < 4.78 is 5.06. The van der Waals surface area contributed by atoms with Crippen molar-refractivity contribution in [1.82, 2.24) is 15.5 Å². The highest BCUT2D eigenvalue weighted by Gasteiger charge is 2.28. The molecule has 0 aliphatic carbocycles. The first kappa shape index (κ1) is 20.2. The Morgan fingerprint density at radius 2 is 2.23 bits per heavy atom. The lowest BCUT2D eigenvalue weighted by Gasteiger charge is -2.35. The van der Waals surface area contributed by atoms with Crippen LogP contribution in [0.25, 0.3) is 0 Å². The van der Waals surface area contributed by atoms with Crippen LogP contribution < -0.4 is 10.6 Å². The summed E-state index contributed by atoms with van der Waals surface area (Å²) in [4.78, 5) is 38.2. The first-order chi connectivity index (χ1) is 12.5. The van der Waals surface area contributed by atoms with E-state index >= 15 is 0 Å². The second-order valence-electron chi connectivity index (χ2n) is 6.39. The largest absolute Gasteiger partial charge is 0.450 e. The molecule has 8 heteroatoms. The number of carbonyl (C=O) groups is 3. The third-order valence-corrected chi connectivity index (χ3v) is 5.33. The number of hydrogen-bond donors (Lipinski definition) is 2. The summed E-state index contributed by atoms with van der Waals surface area (Å²) in [7, 11) is 0. The topological polar surface area (TPSA) is 87.7 Å². The Morgan fingerprint density at radius 1 is 1.42 bits per heavy atom. The van der Waals surface area contributed by atoms with Gasteiger partial charge >= 0.3 is 6.09 Å². The van der Waals surface area contributed by atoms with Gasteiger partial charge in [-0.3, -0.25) is 9.59 Å². The van der Waals surface area contributed by atoms with E-state index in [0.29, 0.717) is 31.1 Å². The summed E-state index contributed by atoms with van der Waals surface area (Å²) in [5.41, 5.74) is 0. The highest BCUT2D eigenvalue weighted by Crippen LogP contribution is 2.20. The first-order valence-corrected chi connectivity index (χ1v) is 9.92. The van der Waals surface area contributed by atoms with Crippen LogP contribution in [-0.2, 0) is 9.53 Å². The third kappa shape index (κ3) is 6.01. The van der Waals surface area contributed by atoms with E-state index in [4.69, 9.17) is 4.74 Å². The summed E-state index contributed by atoms with van der Waals surface area (Å²) in [5, 5.41) is 7.57. The molecule has 2 rings (SSSR count). The molecule has 26 heavy (non-hydrogen) atoms. The molecule has 0 aromatic carbocycles. The number of nitrogens with one attached hydrogen (secondary N) is 2. The molecule has 144 valence electrons. The molecule has 0 radical (unpaired) electrons. The summed E-state index contributed by atoms with van der Waals surface area (Å²) in [6.07, 6.45) is 1.81. The van der Waals surface area contributed by atoms with Crippen molar-refractivity contribution in [2.75, 3.05) is 26.2 Å².